The predicted octanol–water partition coefficient (Wildman–Crippen LogP) is 6.66. The molecule has 0 saturated carbocycles. The Morgan fingerprint density at radius 3 is 2.36 bits per heavy atom. The van der Waals surface area contributed by atoms with Crippen LogP contribution in [0.5, 0.6) is 0 Å². The highest BCUT2D eigenvalue weighted by Crippen LogP contribution is 2.37. The number of piperidine rings is 1. The molecule has 6 rings (SSSR count). The fourth-order valence-electron chi connectivity index (χ4n) is 5.92. The van der Waals surface area contributed by atoms with Gasteiger partial charge in [0.1, 0.15) is 5.60 Å². The molecule has 1 amide bonds. The molecule has 0 aliphatic carbocycles. The number of aromatic nitrogens is 1. The lowest BCUT2D eigenvalue weighted by molar-refractivity contribution is -0.0269. The maximum atomic E-state index is 13.8. The molecule has 2 aliphatic heterocycles. The van der Waals surface area contributed by atoms with Gasteiger partial charge in [-0.25, -0.2) is 9.36 Å². The first-order valence-electron chi connectivity index (χ1n) is 15.0. The first-order chi connectivity index (χ1) is 20.9. The molecule has 0 atom stereocenters. The van der Waals surface area contributed by atoms with E-state index in [2.05, 4.69) is 11.0 Å². The highest BCUT2D eigenvalue weighted by atomic mass is 32.2. The van der Waals surface area contributed by atoms with Crippen LogP contribution < -0.4 is 0 Å². The molecule has 9 nitrogen and oxygen atoms in total. The number of hydroxylamine groups is 2. The van der Waals surface area contributed by atoms with Crippen molar-refractivity contribution in [3.8, 4) is 11.3 Å². The van der Waals surface area contributed by atoms with Crippen molar-refractivity contribution in [2.24, 2.45) is 0 Å². The molecule has 0 spiro atoms. The fraction of sp³-hybridized carbons (Fsp3) is 0.353. The first kappa shape index (κ1) is 30.1. The Kier molecular flexibility index (Phi) is 7.85. The van der Waals surface area contributed by atoms with Crippen LogP contribution in [-0.2, 0) is 32.2 Å². The number of hydrogen-bond acceptors (Lipinski definition) is 7. The number of hydrogen-bond donors (Lipinski definition) is 0. The van der Waals surface area contributed by atoms with Crippen LogP contribution in [0.4, 0.5) is 4.79 Å². The number of benzene rings is 3. The minimum absolute atomic E-state index is 0.0440. The van der Waals surface area contributed by atoms with E-state index in [1.165, 1.54) is 36.0 Å². The average Bonchev–Trinajstić information content (AvgIpc) is 3.50. The fourth-order valence-corrected chi connectivity index (χ4v) is 6.83. The zero-order valence-corrected chi connectivity index (χ0v) is 26.3. The maximum Gasteiger partial charge on any atom is 0.419 e. The summed E-state index contributed by atoms with van der Waals surface area (Å²) in [5.41, 5.74) is 3.81. The second-order valence-electron chi connectivity index (χ2n) is 12.6. The number of likely N-dealkylation sites (tertiary alicyclic amines) is 1. The number of ether oxygens (including phenoxy) is 1. The van der Waals surface area contributed by atoms with Crippen molar-refractivity contribution < 1.29 is 27.0 Å². The SMILES string of the molecule is Cc1ccc(S(=O)(=O)ON2Cc3cccc(-c4cc5cc(CN6CCCCC6)ccc5n4C(=O)OC(C)(C)C)c3C2=O)cc1. The molecule has 0 bridgehead atoms. The summed E-state index contributed by atoms with van der Waals surface area (Å²) in [6.07, 6.45) is 3.09. The summed E-state index contributed by atoms with van der Waals surface area (Å²) in [7, 11) is -4.25. The number of carbonyl (C=O) groups is 2. The minimum atomic E-state index is -4.25. The Morgan fingerprint density at radius 1 is 0.932 bits per heavy atom. The molecule has 1 aromatic heterocycles. The second-order valence-corrected chi connectivity index (χ2v) is 14.1. The van der Waals surface area contributed by atoms with Gasteiger partial charge >= 0.3 is 16.2 Å². The number of carbonyl (C=O) groups excluding carboxylic acids is 2. The highest BCUT2D eigenvalue weighted by Gasteiger charge is 2.36. The molecular formula is C34H37N3O6S. The lowest BCUT2D eigenvalue weighted by Crippen LogP contribution is -2.29. The summed E-state index contributed by atoms with van der Waals surface area (Å²) in [5, 5.41) is 1.71. The quantitative estimate of drug-likeness (QED) is 0.239. The lowest BCUT2D eigenvalue weighted by Gasteiger charge is -2.26. The van der Waals surface area contributed by atoms with E-state index in [1.807, 2.05) is 25.1 Å². The molecular weight excluding hydrogens is 578 g/mol. The van der Waals surface area contributed by atoms with Crippen LogP contribution >= 0.6 is 0 Å². The summed E-state index contributed by atoms with van der Waals surface area (Å²) in [6.45, 7) is 10.2. The molecule has 3 aromatic carbocycles. The van der Waals surface area contributed by atoms with Crippen molar-refractivity contribution in [1.29, 1.82) is 0 Å². The topological polar surface area (TPSA) is 98.2 Å². The van der Waals surface area contributed by atoms with E-state index in [0.717, 1.165) is 41.2 Å². The molecule has 230 valence electrons. The molecule has 0 N–H and O–H groups in total. The Morgan fingerprint density at radius 2 is 1.66 bits per heavy atom. The van der Waals surface area contributed by atoms with E-state index in [4.69, 9.17) is 9.02 Å². The molecule has 44 heavy (non-hydrogen) atoms. The zero-order chi connectivity index (χ0) is 31.2. The third-order valence-corrected chi connectivity index (χ3v) is 9.20. The van der Waals surface area contributed by atoms with Crippen LogP contribution in [0.15, 0.2) is 71.6 Å². The van der Waals surface area contributed by atoms with Crippen molar-refractivity contribution in [2.75, 3.05) is 13.1 Å². The number of nitrogens with zero attached hydrogens (tertiary/aromatic N) is 3. The van der Waals surface area contributed by atoms with Crippen molar-refractivity contribution in [1.82, 2.24) is 14.5 Å². The molecule has 1 saturated heterocycles. The van der Waals surface area contributed by atoms with Gasteiger partial charge in [0.05, 0.1) is 28.2 Å². The normalized spacial score (nSPS) is 16.0. The third kappa shape index (κ3) is 6.02. The highest BCUT2D eigenvalue weighted by molar-refractivity contribution is 7.86. The minimum Gasteiger partial charge on any atom is -0.443 e. The summed E-state index contributed by atoms with van der Waals surface area (Å²) < 4.78 is 38.7. The summed E-state index contributed by atoms with van der Waals surface area (Å²) in [5.74, 6) is -0.599. The van der Waals surface area contributed by atoms with Crippen LogP contribution in [0, 0.1) is 6.92 Å². The van der Waals surface area contributed by atoms with Gasteiger partial charge in [0.15, 0.2) is 0 Å². The number of aryl methyl sites for hydroxylation is 1. The van der Waals surface area contributed by atoms with Crippen LogP contribution in [0.2, 0.25) is 0 Å². The van der Waals surface area contributed by atoms with Crippen LogP contribution in [0.25, 0.3) is 22.2 Å². The van der Waals surface area contributed by atoms with Crippen molar-refractivity contribution in [2.45, 2.75) is 70.5 Å². The molecule has 2 aliphatic rings. The van der Waals surface area contributed by atoms with Crippen molar-refractivity contribution in [3.63, 3.8) is 0 Å². The van der Waals surface area contributed by atoms with Crippen molar-refractivity contribution in [3.05, 3.63) is 89.0 Å². The van der Waals surface area contributed by atoms with E-state index in [1.54, 1.807) is 51.1 Å². The first-order valence-corrected chi connectivity index (χ1v) is 16.4. The van der Waals surface area contributed by atoms with E-state index in [-0.39, 0.29) is 17.0 Å². The van der Waals surface area contributed by atoms with Gasteiger partial charge in [0, 0.05) is 17.5 Å². The van der Waals surface area contributed by atoms with Gasteiger partial charge in [-0.1, -0.05) is 48.4 Å². The molecule has 10 heteroatoms. The molecule has 0 radical (unpaired) electrons. The van der Waals surface area contributed by atoms with Crippen LogP contribution in [0.3, 0.4) is 0 Å². The number of rotatable bonds is 6. The van der Waals surface area contributed by atoms with E-state index in [0.29, 0.717) is 22.3 Å². The molecule has 1 fully saturated rings. The molecule has 4 aromatic rings. The summed E-state index contributed by atoms with van der Waals surface area (Å²) in [6, 6.07) is 19.5. The maximum absolute atomic E-state index is 13.8. The van der Waals surface area contributed by atoms with Crippen LogP contribution in [-0.4, -0.2) is 53.6 Å². The molecule has 3 heterocycles. The van der Waals surface area contributed by atoms with Gasteiger partial charge in [0.25, 0.3) is 5.91 Å². The van der Waals surface area contributed by atoms with Gasteiger partial charge < -0.3 is 4.74 Å². The number of amides is 1. The average molecular weight is 616 g/mol. The summed E-state index contributed by atoms with van der Waals surface area (Å²) in [4.78, 5) is 29.8. The Labute approximate surface area is 258 Å². The van der Waals surface area contributed by atoms with Gasteiger partial charge in [-0.15, -0.1) is 4.28 Å². The Balaban J connectivity index is 1.39. The standard InChI is InChI=1S/C34H37N3O6S/c1-23-11-14-27(15-12-23)44(40,41)43-36-22-25-9-8-10-28(31(25)32(36)38)30-20-26-19-24(21-35-17-6-5-7-18-35)13-16-29(26)37(30)33(39)42-34(2,3)4/h8-16,19-20H,5-7,17-18,21-22H2,1-4H3. The third-order valence-electron chi connectivity index (χ3n) is 7.98. The molecule has 0 unspecified atom stereocenters. The Hall–Kier alpha value is -3.99. The predicted molar refractivity (Wildman–Crippen MR) is 167 cm³/mol. The zero-order valence-electron chi connectivity index (χ0n) is 25.5. The van der Waals surface area contributed by atoms with E-state index in [9.17, 15) is 18.0 Å². The van der Waals surface area contributed by atoms with Crippen LogP contribution in [0.1, 0.15) is 67.1 Å². The van der Waals surface area contributed by atoms with E-state index < -0.39 is 27.7 Å². The Bertz CT molecular complexity index is 1850. The van der Waals surface area contributed by atoms with Gasteiger partial charge in [-0.3, -0.25) is 9.69 Å². The lowest BCUT2D eigenvalue weighted by atomic mass is 10.0. The van der Waals surface area contributed by atoms with Gasteiger partial charge in [0.2, 0.25) is 0 Å². The summed E-state index contributed by atoms with van der Waals surface area (Å²) >= 11 is 0. The monoisotopic (exact) mass is 615 g/mol. The largest absolute Gasteiger partial charge is 0.443 e. The van der Waals surface area contributed by atoms with E-state index >= 15 is 0 Å². The second kappa shape index (κ2) is 11.5. The van der Waals surface area contributed by atoms with Gasteiger partial charge in [-0.05, 0) is 95.1 Å². The van der Waals surface area contributed by atoms with Crippen molar-refractivity contribution >= 4 is 33.0 Å². The van der Waals surface area contributed by atoms with Gasteiger partial charge in [-0.2, -0.15) is 13.5 Å². The number of fused-ring (bicyclic) bond motifs is 2. The smallest absolute Gasteiger partial charge is 0.419 e.